The average molecular weight is 298 g/mol. The number of ether oxygens (including phenoxy) is 1. The zero-order valence-electron chi connectivity index (χ0n) is 11.2. The van der Waals surface area contributed by atoms with Gasteiger partial charge >= 0.3 is 12.0 Å². The number of hydrogen-bond acceptors (Lipinski definition) is 4. The molecule has 2 unspecified atom stereocenters. The van der Waals surface area contributed by atoms with Gasteiger partial charge in [-0.1, -0.05) is 13.0 Å². The fraction of sp³-hybridized carbons (Fsp3) is 0.538. The zero-order valence-corrected chi connectivity index (χ0v) is 12.1. The number of thiophene rings is 1. The number of rotatable bonds is 4. The summed E-state index contributed by atoms with van der Waals surface area (Å²) in [7, 11) is 0. The minimum absolute atomic E-state index is 0.0402. The molecule has 1 fully saturated rings. The summed E-state index contributed by atoms with van der Waals surface area (Å²) < 4.78 is 5.13. The summed E-state index contributed by atoms with van der Waals surface area (Å²) in [5.74, 6) is -1.04. The van der Waals surface area contributed by atoms with Crippen LogP contribution in [0.4, 0.5) is 4.79 Å². The lowest BCUT2D eigenvalue weighted by molar-refractivity contribution is -0.147. The van der Waals surface area contributed by atoms with Crippen LogP contribution in [0.3, 0.4) is 0 Å². The van der Waals surface area contributed by atoms with E-state index < -0.39 is 12.0 Å². The summed E-state index contributed by atoms with van der Waals surface area (Å²) in [4.78, 5) is 25.8. The molecule has 2 atom stereocenters. The van der Waals surface area contributed by atoms with Gasteiger partial charge in [0.25, 0.3) is 0 Å². The molecule has 2 rings (SSSR count). The summed E-state index contributed by atoms with van der Waals surface area (Å²) in [6, 6.07) is 2.56. The predicted molar refractivity (Wildman–Crippen MR) is 74.8 cm³/mol. The summed E-state index contributed by atoms with van der Waals surface area (Å²) in [6.07, 6.45) is 0.758. The molecule has 0 spiro atoms. The Labute approximate surface area is 121 Å². The molecule has 0 aliphatic carbocycles. The van der Waals surface area contributed by atoms with Gasteiger partial charge in [0.2, 0.25) is 0 Å². The van der Waals surface area contributed by atoms with E-state index in [0.717, 1.165) is 11.3 Å². The number of nitrogens with one attached hydrogen (secondary N) is 1. The summed E-state index contributed by atoms with van der Waals surface area (Å²) in [5, 5.41) is 14.0. The van der Waals surface area contributed by atoms with Crippen LogP contribution in [-0.4, -0.2) is 47.8 Å². The van der Waals surface area contributed by atoms with Crippen molar-refractivity contribution < 1.29 is 19.4 Å². The second kappa shape index (κ2) is 6.71. The van der Waals surface area contributed by atoms with Gasteiger partial charge in [0.15, 0.2) is 6.04 Å². The monoisotopic (exact) mass is 298 g/mol. The van der Waals surface area contributed by atoms with Gasteiger partial charge in [-0.3, -0.25) is 0 Å². The zero-order chi connectivity index (χ0) is 14.5. The lowest BCUT2D eigenvalue weighted by Gasteiger charge is -2.33. The number of nitrogens with zero attached hydrogens (tertiary/aromatic N) is 1. The highest BCUT2D eigenvalue weighted by atomic mass is 32.1. The van der Waals surface area contributed by atoms with Gasteiger partial charge in [-0.05, 0) is 17.9 Å². The van der Waals surface area contributed by atoms with Crippen molar-refractivity contribution in [3.63, 3.8) is 0 Å². The van der Waals surface area contributed by atoms with Crippen LogP contribution in [-0.2, 0) is 9.53 Å². The van der Waals surface area contributed by atoms with E-state index in [0.29, 0.717) is 13.2 Å². The minimum Gasteiger partial charge on any atom is -0.480 e. The van der Waals surface area contributed by atoms with Crippen LogP contribution >= 0.6 is 11.3 Å². The van der Waals surface area contributed by atoms with Crippen molar-refractivity contribution in [2.24, 2.45) is 0 Å². The van der Waals surface area contributed by atoms with Crippen molar-refractivity contribution in [3.8, 4) is 0 Å². The number of carbonyl (C=O) groups excluding carboxylic acids is 1. The van der Waals surface area contributed by atoms with E-state index >= 15 is 0 Å². The summed E-state index contributed by atoms with van der Waals surface area (Å²) in [6.45, 7) is 2.69. The SMILES string of the molecule is CCC(NC(=O)N1CCOCC1C(=O)O)c1cccs1. The van der Waals surface area contributed by atoms with Crippen LogP contribution < -0.4 is 5.32 Å². The van der Waals surface area contributed by atoms with E-state index in [4.69, 9.17) is 9.84 Å². The Balaban J connectivity index is 2.04. The second-order valence-electron chi connectivity index (χ2n) is 4.55. The number of amides is 2. The Morgan fingerprint density at radius 3 is 3.05 bits per heavy atom. The summed E-state index contributed by atoms with van der Waals surface area (Å²) in [5.41, 5.74) is 0. The molecule has 20 heavy (non-hydrogen) atoms. The van der Waals surface area contributed by atoms with Crippen LogP contribution in [0, 0.1) is 0 Å². The molecule has 1 aromatic heterocycles. The lowest BCUT2D eigenvalue weighted by atomic mass is 10.2. The first-order valence-corrected chi connectivity index (χ1v) is 7.42. The molecule has 1 aliphatic rings. The third-order valence-electron chi connectivity index (χ3n) is 3.27. The van der Waals surface area contributed by atoms with Crippen molar-refractivity contribution in [1.29, 1.82) is 0 Å². The van der Waals surface area contributed by atoms with E-state index in [-0.39, 0.29) is 18.7 Å². The third-order valence-corrected chi connectivity index (χ3v) is 4.25. The molecule has 0 radical (unpaired) electrons. The Morgan fingerprint density at radius 1 is 1.65 bits per heavy atom. The van der Waals surface area contributed by atoms with Gasteiger partial charge in [0.1, 0.15) is 0 Å². The maximum atomic E-state index is 12.3. The van der Waals surface area contributed by atoms with E-state index in [9.17, 15) is 9.59 Å². The number of urea groups is 1. The fourth-order valence-electron chi connectivity index (χ4n) is 2.15. The number of hydrogen-bond donors (Lipinski definition) is 2. The highest BCUT2D eigenvalue weighted by Crippen LogP contribution is 2.22. The number of aliphatic carboxylic acids is 1. The maximum Gasteiger partial charge on any atom is 0.328 e. The van der Waals surface area contributed by atoms with E-state index in [2.05, 4.69) is 5.32 Å². The van der Waals surface area contributed by atoms with Gasteiger partial charge in [-0.2, -0.15) is 0 Å². The van der Waals surface area contributed by atoms with Crippen LogP contribution in [0.1, 0.15) is 24.3 Å². The molecule has 6 nitrogen and oxygen atoms in total. The number of morpholine rings is 1. The molecular formula is C13H18N2O4S. The topological polar surface area (TPSA) is 78.9 Å². The van der Waals surface area contributed by atoms with Crippen LogP contribution in [0.5, 0.6) is 0 Å². The standard InChI is InChI=1S/C13H18N2O4S/c1-2-9(11-4-3-7-20-11)14-13(18)15-5-6-19-8-10(15)12(16)17/h3-4,7,9-10H,2,5-6,8H2,1H3,(H,14,18)(H,16,17). The molecule has 1 aliphatic heterocycles. The molecule has 2 N–H and O–H groups in total. The highest BCUT2D eigenvalue weighted by molar-refractivity contribution is 7.10. The first kappa shape index (κ1) is 14.8. The van der Waals surface area contributed by atoms with Crippen LogP contribution in [0.25, 0.3) is 0 Å². The number of carboxylic acids is 1. The Morgan fingerprint density at radius 2 is 2.45 bits per heavy atom. The first-order valence-electron chi connectivity index (χ1n) is 6.54. The fourth-order valence-corrected chi connectivity index (χ4v) is 3.01. The third kappa shape index (κ3) is 3.29. The van der Waals surface area contributed by atoms with Gasteiger partial charge < -0.3 is 20.1 Å². The largest absolute Gasteiger partial charge is 0.480 e. The summed E-state index contributed by atoms with van der Waals surface area (Å²) >= 11 is 1.58. The maximum absolute atomic E-state index is 12.3. The molecular weight excluding hydrogens is 280 g/mol. The van der Waals surface area contributed by atoms with E-state index in [1.807, 2.05) is 24.4 Å². The van der Waals surface area contributed by atoms with E-state index in [1.54, 1.807) is 11.3 Å². The number of carbonyl (C=O) groups is 2. The molecule has 0 saturated carbocycles. The Hall–Kier alpha value is -1.60. The molecule has 0 aromatic carbocycles. The molecule has 1 aromatic rings. The van der Waals surface area contributed by atoms with Crippen molar-refractivity contribution in [2.45, 2.75) is 25.4 Å². The second-order valence-corrected chi connectivity index (χ2v) is 5.53. The van der Waals surface area contributed by atoms with Gasteiger partial charge in [0.05, 0.1) is 19.3 Å². The van der Waals surface area contributed by atoms with Crippen molar-refractivity contribution in [2.75, 3.05) is 19.8 Å². The van der Waals surface area contributed by atoms with Crippen molar-refractivity contribution in [3.05, 3.63) is 22.4 Å². The Bertz CT molecular complexity index is 463. The normalized spacial score (nSPS) is 20.4. The minimum atomic E-state index is -1.04. The molecule has 110 valence electrons. The van der Waals surface area contributed by atoms with E-state index in [1.165, 1.54) is 4.90 Å². The smallest absolute Gasteiger partial charge is 0.328 e. The molecule has 1 saturated heterocycles. The lowest BCUT2D eigenvalue weighted by Crippen LogP contribution is -2.56. The Kier molecular flexibility index (Phi) is 4.97. The van der Waals surface area contributed by atoms with Crippen LogP contribution in [0.15, 0.2) is 17.5 Å². The predicted octanol–water partition coefficient (Wildman–Crippen LogP) is 1.69. The van der Waals surface area contributed by atoms with Crippen molar-refractivity contribution in [1.82, 2.24) is 10.2 Å². The molecule has 7 heteroatoms. The quantitative estimate of drug-likeness (QED) is 0.886. The average Bonchev–Trinajstić information content (AvgIpc) is 2.98. The number of carboxylic acid groups (broad SMARTS) is 1. The molecule has 0 bridgehead atoms. The highest BCUT2D eigenvalue weighted by Gasteiger charge is 2.33. The van der Waals surface area contributed by atoms with Gasteiger partial charge in [0, 0.05) is 11.4 Å². The van der Waals surface area contributed by atoms with Crippen molar-refractivity contribution >= 4 is 23.3 Å². The first-order chi connectivity index (χ1) is 9.63. The van der Waals surface area contributed by atoms with Gasteiger partial charge in [-0.25, -0.2) is 9.59 Å². The molecule has 2 amide bonds. The molecule has 2 heterocycles. The van der Waals surface area contributed by atoms with Gasteiger partial charge in [-0.15, -0.1) is 11.3 Å². The van der Waals surface area contributed by atoms with Crippen LogP contribution in [0.2, 0.25) is 0 Å².